The van der Waals surface area contributed by atoms with Crippen LogP contribution in [-0.2, 0) is 17.7 Å². The van der Waals surface area contributed by atoms with Gasteiger partial charge >= 0.3 is 5.97 Å². The van der Waals surface area contributed by atoms with Crippen molar-refractivity contribution in [3.8, 4) is 11.6 Å². The van der Waals surface area contributed by atoms with Crippen LogP contribution in [0.15, 0.2) is 58.3 Å². The molecule has 1 aliphatic rings. The van der Waals surface area contributed by atoms with E-state index in [0.29, 0.717) is 37.6 Å². The van der Waals surface area contributed by atoms with Gasteiger partial charge in [-0.1, -0.05) is 48.9 Å². The van der Waals surface area contributed by atoms with Crippen LogP contribution in [0.25, 0.3) is 16.5 Å². The van der Waals surface area contributed by atoms with E-state index in [0.717, 1.165) is 36.5 Å². The van der Waals surface area contributed by atoms with Gasteiger partial charge in [0.1, 0.15) is 5.00 Å². The Balaban J connectivity index is 1.70. The fourth-order valence-electron chi connectivity index (χ4n) is 4.69. The molecule has 3 heterocycles. The number of rotatable bonds is 6. The van der Waals surface area contributed by atoms with Crippen molar-refractivity contribution in [1.82, 2.24) is 9.47 Å². The molecule has 2 aromatic heterocycles. The van der Waals surface area contributed by atoms with Crippen LogP contribution in [0.4, 0.5) is 5.00 Å². The van der Waals surface area contributed by atoms with Gasteiger partial charge in [0, 0.05) is 35.0 Å². The summed E-state index contributed by atoms with van der Waals surface area (Å²) in [7, 11) is 0. The summed E-state index contributed by atoms with van der Waals surface area (Å²) in [6, 6.07) is 13.9. The topological polar surface area (TPSA) is 84.1 Å². The lowest BCUT2D eigenvalue weighted by atomic mass is 10.0. The number of thiophene rings is 1. The number of aromatic hydroxyl groups is 1. The van der Waals surface area contributed by atoms with E-state index in [2.05, 4.69) is 11.8 Å². The fraction of sp³-hybridized carbons (Fsp3) is 0.250. The first kappa shape index (κ1) is 25.2. The number of ether oxygens (including phenoxy) is 1. The van der Waals surface area contributed by atoms with Crippen LogP contribution in [0.1, 0.15) is 40.2 Å². The van der Waals surface area contributed by atoms with E-state index < -0.39 is 11.5 Å². The summed E-state index contributed by atoms with van der Waals surface area (Å²) in [6.07, 6.45) is 2.26. The second-order valence-electron chi connectivity index (χ2n) is 8.66. The molecule has 0 atom stereocenters. The summed E-state index contributed by atoms with van der Waals surface area (Å²) >= 11 is 7.85. The van der Waals surface area contributed by atoms with Crippen molar-refractivity contribution in [3.63, 3.8) is 0 Å². The maximum atomic E-state index is 13.4. The number of pyridine rings is 1. The van der Waals surface area contributed by atoms with Crippen LogP contribution in [0.5, 0.6) is 5.88 Å². The highest BCUT2D eigenvalue weighted by Gasteiger charge is 2.28. The van der Waals surface area contributed by atoms with Gasteiger partial charge < -0.3 is 9.84 Å². The van der Waals surface area contributed by atoms with Gasteiger partial charge in [-0.15, -0.1) is 11.3 Å². The normalized spacial score (nSPS) is 13.8. The van der Waals surface area contributed by atoms with Crippen LogP contribution < -0.4 is 5.56 Å². The molecule has 0 fully saturated rings. The second-order valence-corrected chi connectivity index (χ2v) is 10.1. The van der Waals surface area contributed by atoms with Crippen molar-refractivity contribution in [2.45, 2.75) is 26.8 Å². The molecule has 0 saturated heterocycles. The van der Waals surface area contributed by atoms with Crippen molar-refractivity contribution in [1.29, 1.82) is 0 Å². The first-order valence-electron chi connectivity index (χ1n) is 12.1. The third kappa shape index (κ3) is 4.56. The average molecular weight is 536 g/mol. The Morgan fingerprint density at radius 1 is 1.16 bits per heavy atom. The number of hydrogen-bond acceptors (Lipinski definition) is 7. The van der Waals surface area contributed by atoms with E-state index in [1.54, 1.807) is 55.5 Å². The van der Waals surface area contributed by atoms with Gasteiger partial charge in [-0.25, -0.2) is 14.4 Å². The second kappa shape index (κ2) is 10.5. The van der Waals surface area contributed by atoms with E-state index in [1.807, 2.05) is 0 Å². The molecule has 190 valence electrons. The zero-order chi connectivity index (χ0) is 26.1. The lowest BCUT2D eigenvalue weighted by Crippen LogP contribution is -2.29. The Morgan fingerprint density at radius 3 is 2.62 bits per heavy atom. The van der Waals surface area contributed by atoms with Crippen LogP contribution in [0, 0.1) is 0 Å². The zero-order valence-corrected chi connectivity index (χ0v) is 22.1. The first-order valence-corrected chi connectivity index (χ1v) is 13.3. The van der Waals surface area contributed by atoms with Crippen LogP contribution in [0.3, 0.4) is 0 Å². The average Bonchev–Trinajstić information content (AvgIpc) is 3.27. The number of aromatic nitrogens is 1. The molecule has 0 saturated carbocycles. The SMILES string of the molecule is CCOC(=O)c1c(/N=C/c2c(O)n(-c3ccccc3Cl)c(=O)c3ccccc23)sc2c1CCN(CC)C2. The molecule has 7 nitrogen and oxygen atoms in total. The summed E-state index contributed by atoms with van der Waals surface area (Å²) in [5.41, 5.74) is 1.79. The van der Waals surface area contributed by atoms with Crippen molar-refractivity contribution in [2.75, 3.05) is 19.7 Å². The van der Waals surface area contributed by atoms with Gasteiger partial charge in [-0.05, 0) is 43.7 Å². The largest absolute Gasteiger partial charge is 0.494 e. The number of hydrogen-bond donors (Lipinski definition) is 1. The van der Waals surface area contributed by atoms with Gasteiger partial charge in [-0.3, -0.25) is 9.69 Å². The fourth-order valence-corrected chi connectivity index (χ4v) is 6.13. The maximum Gasteiger partial charge on any atom is 0.341 e. The Morgan fingerprint density at radius 2 is 1.89 bits per heavy atom. The molecular formula is C28H26ClN3O4S. The molecule has 1 N–H and O–H groups in total. The van der Waals surface area contributed by atoms with Gasteiger partial charge in [0.05, 0.1) is 28.4 Å². The number of aliphatic imine (C=N–C) groups is 1. The molecule has 5 rings (SSSR count). The number of halogens is 1. The Labute approximate surface area is 223 Å². The predicted octanol–water partition coefficient (Wildman–Crippen LogP) is 5.72. The molecule has 0 radical (unpaired) electrons. The molecule has 0 spiro atoms. The predicted molar refractivity (Wildman–Crippen MR) is 148 cm³/mol. The van der Waals surface area contributed by atoms with Crippen LogP contribution in [-0.4, -0.2) is 46.5 Å². The van der Waals surface area contributed by atoms with Crippen molar-refractivity contribution in [2.24, 2.45) is 4.99 Å². The standard InChI is InChI=1S/C28H26ClN3O4S/c1-3-31-14-13-19-23(16-31)37-25(24(19)28(35)36-4-2)30-15-20-17-9-5-6-10-18(17)26(33)32(27(20)34)22-12-8-7-11-21(22)29/h5-12,15,34H,3-4,13-14,16H2,1-2H3/b30-15+. The highest BCUT2D eigenvalue weighted by Crippen LogP contribution is 2.40. The zero-order valence-electron chi connectivity index (χ0n) is 20.5. The summed E-state index contributed by atoms with van der Waals surface area (Å²) in [5, 5.41) is 13.2. The van der Waals surface area contributed by atoms with E-state index in [9.17, 15) is 14.7 Å². The third-order valence-corrected chi connectivity index (χ3v) is 8.00. The third-order valence-electron chi connectivity index (χ3n) is 6.55. The van der Waals surface area contributed by atoms with Gasteiger partial charge in [0.15, 0.2) is 0 Å². The molecule has 2 aromatic carbocycles. The molecule has 9 heteroatoms. The summed E-state index contributed by atoms with van der Waals surface area (Å²) in [5.74, 6) is -0.677. The lowest BCUT2D eigenvalue weighted by Gasteiger charge is -2.25. The number of nitrogens with zero attached hydrogens (tertiary/aromatic N) is 3. The van der Waals surface area contributed by atoms with Crippen molar-refractivity contribution < 1.29 is 14.6 Å². The molecule has 37 heavy (non-hydrogen) atoms. The van der Waals surface area contributed by atoms with Crippen LogP contribution >= 0.6 is 22.9 Å². The number of benzene rings is 2. The quantitative estimate of drug-likeness (QED) is 0.252. The molecule has 0 bridgehead atoms. The summed E-state index contributed by atoms with van der Waals surface area (Å²) < 4.78 is 6.56. The number of carbonyl (C=O) groups excluding carboxylic acids is 1. The Hall–Kier alpha value is -3.46. The smallest absolute Gasteiger partial charge is 0.341 e. The minimum absolute atomic E-state index is 0.266. The first-order chi connectivity index (χ1) is 17.9. The molecule has 0 unspecified atom stereocenters. The molecule has 1 aliphatic heterocycles. The van der Waals surface area contributed by atoms with Gasteiger partial charge in [0.2, 0.25) is 5.88 Å². The van der Waals surface area contributed by atoms with E-state index >= 15 is 0 Å². The molecule has 4 aromatic rings. The van der Waals surface area contributed by atoms with E-state index in [1.165, 1.54) is 22.1 Å². The number of para-hydroxylation sites is 1. The lowest BCUT2D eigenvalue weighted by molar-refractivity contribution is 0.0526. The van der Waals surface area contributed by atoms with Crippen molar-refractivity contribution >= 4 is 50.9 Å². The summed E-state index contributed by atoms with van der Waals surface area (Å²) in [4.78, 5) is 34.4. The minimum atomic E-state index is -0.396. The Bertz CT molecular complexity index is 1590. The molecular weight excluding hydrogens is 510 g/mol. The van der Waals surface area contributed by atoms with E-state index in [-0.39, 0.29) is 12.5 Å². The number of fused-ring (bicyclic) bond motifs is 2. The highest BCUT2D eigenvalue weighted by molar-refractivity contribution is 7.16. The van der Waals surface area contributed by atoms with Crippen molar-refractivity contribution in [3.05, 3.63) is 85.5 Å². The molecule has 0 aliphatic carbocycles. The number of likely N-dealkylation sites (N-methyl/N-ethyl adjacent to an activating group) is 1. The minimum Gasteiger partial charge on any atom is -0.494 e. The van der Waals surface area contributed by atoms with Crippen LogP contribution in [0.2, 0.25) is 5.02 Å². The maximum absolute atomic E-state index is 13.4. The monoisotopic (exact) mass is 535 g/mol. The van der Waals surface area contributed by atoms with Gasteiger partial charge in [-0.2, -0.15) is 0 Å². The van der Waals surface area contributed by atoms with Gasteiger partial charge in [0.25, 0.3) is 5.56 Å². The molecule has 0 amide bonds. The number of carbonyl (C=O) groups is 1. The number of esters is 1. The summed E-state index contributed by atoms with van der Waals surface area (Å²) in [6.45, 7) is 6.70. The van der Waals surface area contributed by atoms with E-state index in [4.69, 9.17) is 21.3 Å². The highest BCUT2D eigenvalue weighted by atomic mass is 35.5. The Kier molecular flexibility index (Phi) is 7.15.